The standard InChI is InChI=1S/C22H22FN3O2/c1-15-7-4-5-12-25(15)21(27)18-13-16-9-6-11-24-20(16)26(22(18)28)14-17-8-2-3-10-19(17)23/h2-3,6,8-11,13,15H,4-5,7,12,14H2,1H3/t15-/m0/s1. The lowest BCUT2D eigenvalue weighted by Crippen LogP contribution is -2.44. The molecule has 5 nitrogen and oxygen atoms in total. The smallest absolute Gasteiger partial charge is 0.265 e. The lowest BCUT2D eigenvalue weighted by atomic mass is 10.0. The summed E-state index contributed by atoms with van der Waals surface area (Å²) in [6, 6.07) is 11.6. The molecule has 0 unspecified atom stereocenters. The van der Waals surface area contributed by atoms with Crippen LogP contribution < -0.4 is 5.56 Å². The molecule has 2 aromatic heterocycles. The first kappa shape index (κ1) is 18.3. The molecule has 0 aliphatic carbocycles. The molecule has 0 bridgehead atoms. The number of aromatic nitrogens is 2. The fourth-order valence-corrected chi connectivity index (χ4v) is 3.86. The highest BCUT2D eigenvalue weighted by molar-refractivity contribution is 5.97. The van der Waals surface area contributed by atoms with Crippen LogP contribution >= 0.6 is 0 Å². The minimum Gasteiger partial charge on any atom is -0.336 e. The number of carbonyl (C=O) groups excluding carboxylic acids is 1. The van der Waals surface area contributed by atoms with Crippen LogP contribution in [0.15, 0.2) is 53.5 Å². The van der Waals surface area contributed by atoms with Gasteiger partial charge in [0.05, 0.1) is 6.54 Å². The van der Waals surface area contributed by atoms with Gasteiger partial charge in [0.25, 0.3) is 11.5 Å². The van der Waals surface area contributed by atoms with Crippen LogP contribution in [0.5, 0.6) is 0 Å². The molecule has 1 aromatic carbocycles. The Labute approximate surface area is 162 Å². The molecule has 0 radical (unpaired) electrons. The SMILES string of the molecule is C[C@H]1CCCCN1C(=O)c1cc2cccnc2n(Cc2ccccc2F)c1=O. The van der Waals surface area contributed by atoms with Crippen LogP contribution in [0.3, 0.4) is 0 Å². The van der Waals surface area contributed by atoms with E-state index in [0.29, 0.717) is 23.1 Å². The van der Waals surface area contributed by atoms with E-state index < -0.39 is 5.56 Å². The maximum atomic E-state index is 14.2. The highest BCUT2D eigenvalue weighted by Gasteiger charge is 2.27. The van der Waals surface area contributed by atoms with Gasteiger partial charge < -0.3 is 4.90 Å². The van der Waals surface area contributed by atoms with Crippen LogP contribution in [-0.2, 0) is 6.54 Å². The van der Waals surface area contributed by atoms with Gasteiger partial charge in [-0.1, -0.05) is 18.2 Å². The molecule has 6 heteroatoms. The zero-order chi connectivity index (χ0) is 19.7. The molecule has 28 heavy (non-hydrogen) atoms. The van der Waals surface area contributed by atoms with E-state index in [4.69, 9.17) is 0 Å². The quantitative estimate of drug-likeness (QED) is 0.699. The Morgan fingerprint density at radius 3 is 2.82 bits per heavy atom. The minimum atomic E-state index is -0.433. The highest BCUT2D eigenvalue weighted by atomic mass is 19.1. The highest BCUT2D eigenvalue weighted by Crippen LogP contribution is 2.20. The van der Waals surface area contributed by atoms with Crippen LogP contribution in [-0.4, -0.2) is 32.9 Å². The first-order chi connectivity index (χ1) is 13.6. The van der Waals surface area contributed by atoms with E-state index in [1.54, 1.807) is 41.4 Å². The summed E-state index contributed by atoms with van der Waals surface area (Å²) in [6.45, 7) is 2.69. The first-order valence-corrected chi connectivity index (χ1v) is 9.59. The number of halogens is 1. The number of rotatable bonds is 3. The van der Waals surface area contributed by atoms with Crippen LogP contribution in [0.2, 0.25) is 0 Å². The van der Waals surface area contributed by atoms with Crippen LogP contribution in [0.1, 0.15) is 42.1 Å². The van der Waals surface area contributed by atoms with Gasteiger partial charge in [0.15, 0.2) is 0 Å². The molecule has 3 aromatic rings. The van der Waals surface area contributed by atoms with E-state index in [2.05, 4.69) is 4.98 Å². The van der Waals surface area contributed by atoms with Crippen molar-refractivity contribution in [3.8, 4) is 0 Å². The Bertz CT molecular complexity index is 1090. The molecule has 1 aliphatic heterocycles. The third kappa shape index (κ3) is 3.30. The van der Waals surface area contributed by atoms with Gasteiger partial charge in [-0.2, -0.15) is 0 Å². The van der Waals surface area contributed by atoms with Crippen LogP contribution in [0.4, 0.5) is 4.39 Å². The molecule has 4 rings (SSSR count). The molecule has 1 amide bonds. The second-order valence-corrected chi connectivity index (χ2v) is 7.30. The van der Waals surface area contributed by atoms with Gasteiger partial charge in [-0.3, -0.25) is 14.2 Å². The van der Waals surface area contributed by atoms with Crippen molar-refractivity contribution in [3.63, 3.8) is 0 Å². The zero-order valence-corrected chi connectivity index (χ0v) is 15.8. The third-order valence-electron chi connectivity index (χ3n) is 5.43. The molecule has 1 saturated heterocycles. The molecule has 1 fully saturated rings. The summed E-state index contributed by atoms with van der Waals surface area (Å²) in [4.78, 5) is 32.5. The Morgan fingerprint density at radius 1 is 1.21 bits per heavy atom. The topological polar surface area (TPSA) is 55.2 Å². The fourth-order valence-electron chi connectivity index (χ4n) is 3.86. The minimum absolute atomic E-state index is 0.0235. The molecule has 1 aliphatic rings. The molecular weight excluding hydrogens is 357 g/mol. The van der Waals surface area contributed by atoms with Crippen molar-refractivity contribution in [2.24, 2.45) is 0 Å². The van der Waals surface area contributed by atoms with E-state index >= 15 is 0 Å². The van der Waals surface area contributed by atoms with E-state index in [1.165, 1.54) is 10.6 Å². The number of hydrogen-bond donors (Lipinski definition) is 0. The van der Waals surface area contributed by atoms with Crippen molar-refractivity contribution in [2.75, 3.05) is 6.54 Å². The molecule has 3 heterocycles. The predicted molar refractivity (Wildman–Crippen MR) is 106 cm³/mol. The Hall–Kier alpha value is -3.02. The summed E-state index contributed by atoms with van der Waals surface area (Å²) in [5.41, 5.74) is 0.509. The maximum Gasteiger partial charge on any atom is 0.265 e. The summed E-state index contributed by atoms with van der Waals surface area (Å²) in [7, 11) is 0. The monoisotopic (exact) mass is 379 g/mol. The summed E-state index contributed by atoms with van der Waals surface area (Å²) in [5, 5.41) is 0.687. The number of pyridine rings is 2. The van der Waals surface area contributed by atoms with Gasteiger partial charge in [-0.15, -0.1) is 0 Å². The third-order valence-corrected chi connectivity index (χ3v) is 5.43. The molecule has 0 saturated carbocycles. The number of fused-ring (bicyclic) bond motifs is 1. The van der Waals surface area contributed by atoms with Crippen molar-refractivity contribution in [1.82, 2.24) is 14.5 Å². The number of nitrogens with zero attached hydrogens (tertiary/aromatic N) is 3. The van der Waals surface area contributed by atoms with E-state index in [0.717, 1.165) is 19.3 Å². The van der Waals surface area contributed by atoms with Gasteiger partial charge in [0.2, 0.25) is 0 Å². The van der Waals surface area contributed by atoms with Crippen LogP contribution in [0, 0.1) is 5.82 Å². The summed E-state index contributed by atoms with van der Waals surface area (Å²) in [5.74, 6) is -0.648. The number of likely N-dealkylation sites (tertiary alicyclic amines) is 1. The lowest BCUT2D eigenvalue weighted by molar-refractivity contribution is 0.0633. The summed E-state index contributed by atoms with van der Waals surface area (Å²) >= 11 is 0. The second-order valence-electron chi connectivity index (χ2n) is 7.30. The van der Waals surface area contributed by atoms with E-state index in [1.807, 2.05) is 13.0 Å². The van der Waals surface area contributed by atoms with E-state index in [9.17, 15) is 14.0 Å². The Kier molecular flexibility index (Phi) is 4.94. The fraction of sp³-hybridized carbons (Fsp3) is 0.318. The average molecular weight is 379 g/mol. The Balaban J connectivity index is 1.85. The van der Waals surface area contributed by atoms with Crippen molar-refractivity contribution in [2.45, 2.75) is 38.8 Å². The molecule has 0 N–H and O–H groups in total. The maximum absolute atomic E-state index is 14.2. The average Bonchev–Trinajstić information content (AvgIpc) is 2.71. The molecule has 1 atom stereocenters. The van der Waals surface area contributed by atoms with Gasteiger partial charge in [0, 0.05) is 29.7 Å². The molecular formula is C22H22FN3O2. The predicted octanol–water partition coefficient (Wildman–Crippen LogP) is 3.60. The lowest BCUT2D eigenvalue weighted by Gasteiger charge is -2.33. The van der Waals surface area contributed by atoms with Crippen molar-refractivity contribution >= 4 is 16.9 Å². The first-order valence-electron chi connectivity index (χ1n) is 9.59. The second kappa shape index (κ2) is 7.54. The number of hydrogen-bond acceptors (Lipinski definition) is 3. The van der Waals surface area contributed by atoms with Crippen molar-refractivity contribution in [3.05, 3.63) is 76.0 Å². The van der Waals surface area contributed by atoms with Gasteiger partial charge in [0.1, 0.15) is 17.0 Å². The van der Waals surface area contributed by atoms with Crippen molar-refractivity contribution in [1.29, 1.82) is 0 Å². The normalized spacial score (nSPS) is 17.1. The number of benzene rings is 1. The largest absolute Gasteiger partial charge is 0.336 e. The summed E-state index contributed by atoms with van der Waals surface area (Å²) in [6.07, 6.45) is 4.55. The Morgan fingerprint density at radius 2 is 2.04 bits per heavy atom. The van der Waals surface area contributed by atoms with Crippen molar-refractivity contribution < 1.29 is 9.18 Å². The molecule has 144 valence electrons. The number of amides is 1. The zero-order valence-electron chi connectivity index (χ0n) is 15.8. The molecule has 0 spiro atoms. The van der Waals surface area contributed by atoms with Crippen LogP contribution in [0.25, 0.3) is 11.0 Å². The number of piperidine rings is 1. The van der Waals surface area contributed by atoms with E-state index in [-0.39, 0.29) is 29.9 Å². The number of carbonyl (C=O) groups is 1. The van der Waals surface area contributed by atoms with Gasteiger partial charge in [-0.05, 0) is 50.5 Å². The van der Waals surface area contributed by atoms with Gasteiger partial charge in [-0.25, -0.2) is 9.37 Å². The summed E-state index contributed by atoms with van der Waals surface area (Å²) < 4.78 is 15.6. The van der Waals surface area contributed by atoms with Gasteiger partial charge >= 0.3 is 0 Å².